The Morgan fingerprint density at radius 2 is 1.50 bits per heavy atom. The van der Waals surface area contributed by atoms with E-state index in [1.165, 1.54) is 0 Å². The maximum absolute atomic E-state index is 7.34. The van der Waals surface area contributed by atoms with E-state index >= 15 is 0 Å². The van der Waals surface area contributed by atoms with Crippen LogP contribution in [0.25, 0.3) is 0 Å². The molecular weight excluding hydrogens is 174 g/mol. The Bertz CT molecular complexity index is 136. The van der Waals surface area contributed by atoms with E-state index in [-0.39, 0.29) is 6.40 Å². The van der Waals surface area contributed by atoms with Crippen LogP contribution in [0.5, 0.6) is 0 Å². The first-order valence-corrected chi connectivity index (χ1v) is 5.61. The number of rotatable bonds is 0. The van der Waals surface area contributed by atoms with Gasteiger partial charge in [0.05, 0.1) is 0 Å². The van der Waals surface area contributed by atoms with Crippen molar-refractivity contribution in [2.45, 2.75) is 19.2 Å². The Morgan fingerprint density at radius 1 is 1.00 bits per heavy atom. The monoisotopic (exact) mass is 203 g/mol. The first-order valence-electron chi connectivity index (χ1n) is 6.63. The van der Waals surface area contributed by atoms with Crippen molar-refractivity contribution in [1.29, 1.82) is 0 Å². The summed E-state index contributed by atoms with van der Waals surface area (Å²) in [6.07, 6.45) is 2.36. The third-order valence-corrected chi connectivity index (χ3v) is 2.71. The van der Waals surface area contributed by atoms with Crippen LogP contribution in [0.3, 0.4) is 0 Å². The van der Waals surface area contributed by atoms with Crippen LogP contribution >= 0.6 is 0 Å². The minimum atomic E-state index is 0.228. The largest absolute Gasteiger partial charge is 0.314 e. The third kappa shape index (κ3) is 5.58. The summed E-state index contributed by atoms with van der Waals surface area (Å²) in [5, 5.41) is 1.61. The van der Waals surface area contributed by atoms with Crippen LogP contribution in [0.2, 0.25) is 1.41 Å². The first-order chi connectivity index (χ1) is 7.58. The van der Waals surface area contributed by atoms with Gasteiger partial charge in [-0.2, -0.15) is 0 Å². The summed E-state index contributed by atoms with van der Waals surface area (Å²) in [5.74, 6) is 0. The van der Waals surface area contributed by atoms with Gasteiger partial charge in [0.25, 0.3) is 0 Å². The van der Waals surface area contributed by atoms with Crippen molar-refractivity contribution in [2.75, 3.05) is 53.4 Å². The van der Waals surface area contributed by atoms with Crippen LogP contribution in [0, 0.1) is 0 Å². The van der Waals surface area contributed by atoms with E-state index in [2.05, 4.69) is 23.9 Å². The molecule has 84 valence electrons. The van der Waals surface area contributed by atoms with Crippen molar-refractivity contribution in [3.8, 4) is 0 Å². The van der Waals surface area contributed by atoms with E-state index in [1.807, 2.05) is 0 Å². The predicted octanol–water partition coefficient (Wildman–Crippen LogP) is 0.624. The van der Waals surface area contributed by atoms with Gasteiger partial charge in [-0.15, -0.1) is 0 Å². The molecule has 0 aliphatic carbocycles. The van der Waals surface area contributed by atoms with E-state index in [0.29, 0.717) is 0 Å². The Labute approximate surface area is 91.3 Å². The maximum Gasteiger partial charge on any atom is 0.122 e. The summed E-state index contributed by atoms with van der Waals surface area (Å²) in [6.45, 7) is 6.13. The highest BCUT2D eigenvalue weighted by atomic mass is 15.2. The molecule has 2 aliphatic heterocycles. The van der Waals surface area contributed by atoms with Crippen molar-refractivity contribution < 1.29 is 2.78 Å². The summed E-state index contributed by atoms with van der Waals surface area (Å²) in [7, 11) is 4.21. The Morgan fingerprint density at radius 3 is 1.93 bits per heavy atom. The molecule has 0 spiro atoms. The fourth-order valence-corrected chi connectivity index (χ4v) is 1.59. The summed E-state index contributed by atoms with van der Waals surface area (Å²) >= 11 is 0. The second-order valence-corrected chi connectivity index (χ2v) is 4.14. The molecule has 0 atom stereocenters. The van der Waals surface area contributed by atoms with Crippen molar-refractivity contribution in [1.82, 2.24) is 15.1 Å². The van der Waals surface area contributed by atoms with Gasteiger partial charge >= 0.3 is 0 Å². The molecular formula is C11H25N3. The smallest absolute Gasteiger partial charge is 0.122 e. The molecule has 0 unspecified atom stereocenters. The number of nitrogens with zero attached hydrogens (tertiary/aromatic N) is 2. The molecule has 0 aromatic rings. The van der Waals surface area contributed by atoms with Crippen LogP contribution in [0.4, 0.5) is 0 Å². The van der Waals surface area contributed by atoms with Gasteiger partial charge in [0.1, 0.15) is 1.41 Å². The number of likely N-dealkylation sites (tertiary alicyclic amines) is 1. The van der Waals surface area contributed by atoms with E-state index in [9.17, 15) is 0 Å². The maximum atomic E-state index is 7.34. The van der Waals surface area contributed by atoms with Gasteiger partial charge in [-0.25, -0.2) is 0 Å². The Balaban J connectivity index is 0.000000160. The molecule has 0 aromatic heterocycles. The number of hydrogen-bond acceptors (Lipinski definition) is 3. The fraction of sp³-hybridized carbons (Fsp3) is 1.00. The number of piperazine rings is 1. The minimum Gasteiger partial charge on any atom is -0.314 e. The van der Waals surface area contributed by atoms with Gasteiger partial charge < -0.3 is 15.1 Å². The van der Waals surface area contributed by atoms with Gasteiger partial charge in [0.2, 0.25) is 0 Å². The standard InChI is InChI=1S/C6H13N.C5H12N2/c1-7-5-3-2-4-6-7;1-7-4-2-6-3-5-7/h2-6H2,1H3;6H,2-5H2,1H3/i2T;/hT. The van der Waals surface area contributed by atoms with Crippen LogP contribution in [-0.4, -0.2) is 63.2 Å². The highest BCUT2D eigenvalue weighted by Gasteiger charge is 2.02. The van der Waals surface area contributed by atoms with Crippen LogP contribution in [-0.2, 0) is 0 Å². The lowest BCUT2D eigenvalue weighted by Gasteiger charge is -2.21. The highest BCUT2D eigenvalue weighted by Crippen LogP contribution is 2.04. The van der Waals surface area contributed by atoms with Crippen molar-refractivity contribution in [3.05, 3.63) is 0 Å². The molecule has 0 amide bonds. The van der Waals surface area contributed by atoms with Crippen LogP contribution < -0.4 is 5.31 Å². The zero-order valence-corrected chi connectivity index (χ0v) is 9.58. The first kappa shape index (κ1) is 9.13. The lowest BCUT2D eigenvalue weighted by atomic mass is 10.1. The van der Waals surface area contributed by atoms with Crippen LogP contribution in [0.1, 0.15) is 20.6 Å². The predicted molar refractivity (Wildman–Crippen MR) is 61.7 cm³/mol. The number of nitrogens with one attached hydrogen (secondary N) is 1. The topological polar surface area (TPSA) is 18.5 Å². The Hall–Kier alpha value is -0.120. The molecule has 0 bridgehead atoms. The molecule has 2 aliphatic rings. The molecule has 1 N–H and O–H groups in total. The summed E-state index contributed by atoms with van der Waals surface area (Å²) < 4.78 is 14.5. The molecule has 0 saturated carbocycles. The normalized spacial score (nSPS) is 30.1. The average molecular weight is 203 g/mol. The quantitative estimate of drug-likeness (QED) is 0.623. The Kier molecular flexibility index (Phi) is 4.70. The van der Waals surface area contributed by atoms with Crippen molar-refractivity contribution in [2.24, 2.45) is 0 Å². The zero-order valence-electron chi connectivity index (χ0n) is 11.6. The van der Waals surface area contributed by atoms with Gasteiger partial charge in [-0.05, 0) is 40.0 Å². The van der Waals surface area contributed by atoms with E-state index in [4.69, 9.17) is 2.78 Å². The minimum absolute atomic E-state index is 0.228. The molecule has 3 heteroatoms. The third-order valence-electron chi connectivity index (χ3n) is 2.71. The van der Waals surface area contributed by atoms with Crippen molar-refractivity contribution in [3.63, 3.8) is 0 Å². The van der Waals surface area contributed by atoms with Gasteiger partial charge in [0, 0.05) is 27.5 Å². The zero-order chi connectivity index (χ0) is 12.0. The molecule has 0 radical (unpaired) electrons. The van der Waals surface area contributed by atoms with E-state index in [1.54, 1.807) is 5.31 Å². The number of likely N-dealkylation sites (N-methyl/N-ethyl adjacent to an activating group) is 1. The van der Waals surface area contributed by atoms with Gasteiger partial charge in [-0.3, -0.25) is 0 Å². The molecule has 2 heterocycles. The molecule has 2 saturated heterocycles. The molecule has 2 rings (SSSR count). The summed E-state index contributed by atoms with van der Waals surface area (Å²) in [6, 6.07) is 0. The molecule has 3 nitrogen and oxygen atoms in total. The van der Waals surface area contributed by atoms with Crippen molar-refractivity contribution >= 4 is 0 Å². The summed E-state index contributed by atoms with van der Waals surface area (Å²) in [5.41, 5.74) is 0. The fourth-order valence-electron chi connectivity index (χ4n) is 1.59. The second kappa shape index (κ2) is 7.21. The highest BCUT2D eigenvalue weighted by molar-refractivity contribution is 4.62. The van der Waals surface area contributed by atoms with E-state index in [0.717, 1.165) is 52.1 Å². The number of hydrogen-bond donors (Lipinski definition) is 1. The summed E-state index contributed by atoms with van der Waals surface area (Å²) in [4.78, 5) is 4.52. The van der Waals surface area contributed by atoms with Gasteiger partial charge in [0.15, 0.2) is 0 Å². The number of piperidine rings is 1. The lowest BCUT2D eigenvalue weighted by molar-refractivity contribution is 0.277. The van der Waals surface area contributed by atoms with Gasteiger partial charge in [-0.1, -0.05) is 6.40 Å². The average Bonchev–Trinajstić information content (AvgIpc) is 2.28. The van der Waals surface area contributed by atoms with E-state index < -0.39 is 0 Å². The molecule has 2 fully saturated rings. The molecule has 0 aromatic carbocycles. The van der Waals surface area contributed by atoms with Crippen LogP contribution in [0.15, 0.2) is 0 Å². The SMILES string of the molecule is [3H]C1CCN(C)CC1.[3H]N1CCN(C)CC1. The molecule has 14 heavy (non-hydrogen) atoms. The second-order valence-electron chi connectivity index (χ2n) is 4.14. The lowest BCUT2D eigenvalue weighted by Crippen LogP contribution is -2.40.